The summed E-state index contributed by atoms with van der Waals surface area (Å²) in [5.41, 5.74) is 0.889. The molecule has 0 amide bonds. The molecule has 2 aliphatic heterocycles. The highest BCUT2D eigenvalue weighted by Crippen LogP contribution is 2.35. The molecule has 0 aromatic rings. The Morgan fingerprint density at radius 1 is 1.58 bits per heavy atom. The summed E-state index contributed by atoms with van der Waals surface area (Å²) in [5, 5.41) is 12.8. The lowest BCUT2D eigenvalue weighted by molar-refractivity contribution is -0.127. The van der Waals surface area contributed by atoms with E-state index in [4.69, 9.17) is 9.47 Å². The minimum atomic E-state index is -0.183. The van der Waals surface area contributed by atoms with Gasteiger partial charge in [0.25, 0.3) is 0 Å². The first-order valence-corrected chi connectivity index (χ1v) is 6.97. The van der Waals surface area contributed by atoms with Crippen LogP contribution in [0.25, 0.3) is 0 Å². The van der Waals surface area contributed by atoms with Crippen LogP contribution in [0, 0.1) is 23.2 Å². The van der Waals surface area contributed by atoms with Gasteiger partial charge >= 0.3 is 0 Å². The molecule has 0 spiro atoms. The zero-order valence-corrected chi connectivity index (χ0v) is 12.1. The van der Waals surface area contributed by atoms with Crippen molar-refractivity contribution < 1.29 is 9.47 Å². The summed E-state index contributed by atoms with van der Waals surface area (Å²) in [5.74, 6) is 0.313. The predicted octanol–water partition coefficient (Wildman–Crippen LogP) is 2.22. The summed E-state index contributed by atoms with van der Waals surface area (Å²) in [6.07, 6.45) is 1.63. The summed E-state index contributed by atoms with van der Waals surface area (Å²) < 4.78 is 11.6. The molecule has 106 valence electrons. The van der Waals surface area contributed by atoms with Crippen molar-refractivity contribution in [3.63, 3.8) is 0 Å². The van der Waals surface area contributed by atoms with Gasteiger partial charge in [0, 0.05) is 6.04 Å². The van der Waals surface area contributed by atoms with Crippen LogP contribution in [0.1, 0.15) is 33.6 Å². The third-order valence-corrected chi connectivity index (χ3v) is 3.94. The molecular weight excluding hydrogens is 240 g/mol. The highest BCUT2D eigenvalue weighted by Gasteiger charge is 2.43. The molecule has 1 N–H and O–H groups in total. The quantitative estimate of drug-likeness (QED) is 0.794. The third-order valence-electron chi connectivity index (χ3n) is 3.94. The van der Waals surface area contributed by atoms with Gasteiger partial charge in [0.1, 0.15) is 6.23 Å². The second-order valence-corrected chi connectivity index (χ2v) is 6.47. The Morgan fingerprint density at radius 3 is 2.95 bits per heavy atom. The zero-order chi connectivity index (χ0) is 14.0. The van der Waals surface area contributed by atoms with Crippen molar-refractivity contribution in [1.82, 2.24) is 5.32 Å². The monoisotopic (exact) mass is 264 g/mol. The van der Waals surface area contributed by atoms with Crippen LogP contribution in [0.4, 0.5) is 0 Å². The number of fused-ring (bicyclic) bond motifs is 1. The minimum absolute atomic E-state index is 0.0907. The van der Waals surface area contributed by atoms with E-state index in [1.807, 2.05) is 6.92 Å². The molecule has 0 saturated carbocycles. The van der Waals surface area contributed by atoms with Crippen LogP contribution in [0.15, 0.2) is 12.2 Å². The lowest BCUT2D eigenvalue weighted by atomic mass is 9.78. The summed E-state index contributed by atoms with van der Waals surface area (Å²) >= 11 is 0. The topological polar surface area (TPSA) is 54.3 Å². The first-order valence-electron chi connectivity index (χ1n) is 6.97. The molecular formula is C15H24N2O2. The molecule has 0 aliphatic carbocycles. The SMILES string of the molecule is C=C(C)COC1NC2CC(C)(C)OCC2CC1C#N. The van der Waals surface area contributed by atoms with E-state index in [9.17, 15) is 5.26 Å². The molecule has 4 atom stereocenters. The van der Waals surface area contributed by atoms with Crippen molar-refractivity contribution in [2.24, 2.45) is 11.8 Å². The first kappa shape index (κ1) is 14.5. The summed E-state index contributed by atoms with van der Waals surface area (Å²) in [6.45, 7) is 11.2. The standard InChI is InChI=1S/C15H24N2O2/c1-10(2)8-18-14-11(7-16)5-12-9-19-15(3,4)6-13(12)17-14/h11-14,17H,1,5-6,8-9H2,2-4H3. The van der Waals surface area contributed by atoms with E-state index in [1.165, 1.54) is 0 Å². The Hall–Kier alpha value is -0.890. The van der Waals surface area contributed by atoms with Crippen molar-refractivity contribution >= 4 is 0 Å². The fraction of sp³-hybridized carbons (Fsp3) is 0.800. The molecule has 0 aromatic carbocycles. The van der Waals surface area contributed by atoms with Gasteiger partial charge in [-0.1, -0.05) is 12.2 Å². The Labute approximate surface area is 115 Å². The summed E-state index contributed by atoms with van der Waals surface area (Å²) in [6, 6.07) is 2.74. The predicted molar refractivity (Wildman–Crippen MR) is 73.3 cm³/mol. The van der Waals surface area contributed by atoms with Gasteiger partial charge in [-0.25, -0.2) is 0 Å². The van der Waals surface area contributed by atoms with E-state index in [1.54, 1.807) is 0 Å². The number of piperidine rings is 1. The Balaban J connectivity index is 2.01. The van der Waals surface area contributed by atoms with Crippen molar-refractivity contribution in [3.8, 4) is 6.07 Å². The van der Waals surface area contributed by atoms with Gasteiger partial charge in [-0.2, -0.15) is 5.26 Å². The molecule has 4 nitrogen and oxygen atoms in total. The van der Waals surface area contributed by atoms with E-state index in [-0.39, 0.29) is 17.7 Å². The molecule has 19 heavy (non-hydrogen) atoms. The van der Waals surface area contributed by atoms with E-state index >= 15 is 0 Å². The Morgan fingerprint density at radius 2 is 2.32 bits per heavy atom. The van der Waals surface area contributed by atoms with Crippen LogP contribution in [-0.2, 0) is 9.47 Å². The van der Waals surface area contributed by atoms with Crippen LogP contribution in [-0.4, -0.2) is 31.1 Å². The molecule has 4 heteroatoms. The maximum atomic E-state index is 9.29. The van der Waals surface area contributed by atoms with Crippen molar-refractivity contribution in [3.05, 3.63) is 12.2 Å². The van der Waals surface area contributed by atoms with Gasteiger partial charge in [0.15, 0.2) is 0 Å². The van der Waals surface area contributed by atoms with E-state index in [0.717, 1.165) is 25.0 Å². The van der Waals surface area contributed by atoms with Gasteiger partial charge in [-0.3, -0.25) is 5.32 Å². The molecule has 0 bridgehead atoms. The summed E-state index contributed by atoms with van der Waals surface area (Å²) in [7, 11) is 0. The van der Waals surface area contributed by atoms with Crippen LogP contribution in [0.5, 0.6) is 0 Å². The average Bonchev–Trinajstić information content (AvgIpc) is 2.34. The van der Waals surface area contributed by atoms with Crippen LogP contribution >= 0.6 is 0 Å². The maximum absolute atomic E-state index is 9.29. The van der Waals surface area contributed by atoms with Gasteiger partial charge in [-0.05, 0) is 39.5 Å². The minimum Gasteiger partial charge on any atom is -0.375 e. The van der Waals surface area contributed by atoms with Crippen molar-refractivity contribution in [2.75, 3.05) is 13.2 Å². The number of hydrogen-bond acceptors (Lipinski definition) is 4. The lowest BCUT2D eigenvalue weighted by Gasteiger charge is -2.47. The van der Waals surface area contributed by atoms with Crippen LogP contribution in [0.3, 0.4) is 0 Å². The number of hydrogen-bond donors (Lipinski definition) is 1. The van der Waals surface area contributed by atoms with Gasteiger partial charge in [-0.15, -0.1) is 0 Å². The fourth-order valence-corrected chi connectivity index (χ4v) is 2.92. The second kappa shape index (κ2) is 5.62. The molecule has 2 heterocycles. The van der Waals surface area contributed by atoms with Crippen molar-refractivity contribution in [2.45, 2.75) is 51.5 Å². The average molecular weight is 264 g/mol. The highest BCUT2D eigenvalue weighted by molar-refractivity contribution is 5.01. The van der Waals surface area contributed by atoms with Crippen LogP contribution in [0.2, 0.25) is 0 Å². The number of nitrogens with one attached hydrogen (secondary N) is 1. The zero-order valence-electron chi connectivity index (χ0n) is 12.1. The van der Waals surface area contributed by atoms with Gasteiger partial charge in [0.05, 0.1) is 30.8 Å². The van der Waals surface area contributed by atoms with E-state index < -0.39 is 0 Å². The number of rotatable bonds is 3. The Bertz CT molecular complexity index is 386. The van der Waals surface area contributed by atoms with Crippen molar-refractivity contribution in [1.29, 1.82) is 5.26 Å². The van der Waals surface area contributed by atoms with Crippen LogP contribution < -0.4 is 5.32 Å². The fourth-order valence-electron chi connectivity index (χ4n) is 2.92. The van der Waals surface area contributed by atoms with E-state index in [2.05, 4.69) is 31.8 Å². The first-order chi connectivity index (χ1) is 8.91. The second-order valence-electron chi connectivity index (χ2n) is 6.47. The molecule has 0 radical (unpaired) electrons. The smallest absolute Gasteiger partial charge is 0.124 e. The molecule has 4 unspecified atom stereocenters. The highest BCUT2D eigenvalue weighted by atomic mass is 16.5. The number of ether oxygens (including phenoxy) is 2. The normalized spacial score (nSPS) is 37.2. The molecule has 2 aliphatic rings. The van der Waals surface area contributed by atoms with E-state index in [0.29, 0.717) is 18.6 Å². The lowest BCUT2D eigenvalue weighted by Crippen LogP contribution is -2.59. The third kappa shape index (κ3) is 3.56. The molecule has 2 saturated heterocycles. The largest absolute Gasteiger partial charge is 0.375 e. The van der Waals surface area contributed by atoms with Gasteiger partial charge < -0.3 is 9.47 Å². The Kier molecular flexibility index (Phi) is 4.29. The maximum Gasteiger partial charge on any atom is 0.124 e. The molecule has 0 aromatic heterocycles. The summed E-state index contributed by atoms with van der Waals surface area (Å²) in [4.78, 5) is 0. The molecule has 2 fully saturated rings. The number of nitriles is 1. The molecule has 2 rings (SSSR count). The number of nitrogens with zero attached hydrogens (tertiary/aromatic N) is 1. The van der Waals surface area contributed by atoms with Gasteiger partial charge in [0.2, 0.25) is 0 Å².